The van der Waals surface area contributed by atoms with E-state index in [1.165, 1.54) is 32.3 Å². The SMILES string of the molecule is CN(C)S(=O)(=O)c1cc(C(=O)OCCOc2ccc(C#N)cc2)ccc1Cl. The smallest absolute Gasteiger partial charge is 0.338 e. The third-order valence-electron chi connectivity index (χ3n) is 3.49. The molecule has 0 aromatic heterocycles. The van der Waals surface area contributed by atoms with E-state index in [9.17, 15) is 13.2 Å². The lowest BCUT2D eigenvalue weighted by Crippen LogP contribution is -2.23. The molecule has 0 N–H and O–H groups in total. The molecule has 0 bridgehead atoms. The minimum atomic E-state index is -3.78. The molecule has 2 aromatic carbocycles. The third kappa shape index (κ3) is 5.20. The van der Waals surface area contributed by atoms with Crippen LogP contribution in [0.5, 0.6) is 5.75 Å². The molecule has 0 fully saturated rings. The van der Waals surface area contributed by atoms with Crippen LogP contribution in [0.15, 0.2) is 47.4 Å². The molecule has 0 spiro atoms. The number of halogens is 1. The Morgan fingerprint density at radius 1 is 1.15 bits per heavy atom. The van der Waals surface area contributed by atoms with Crippen molar-refractivity contribution in [1.82, 2.24) is 4.31 Å². The van der Waals surface area contributed by atoms with Crippen molar-refractivity contribution in [2.75, 3.05) is 27.3 Å². The molecule has 0 atom stereocenters. The van der Waals surface area contributed by atoms with Crippen molar-refractivity contribution >= 4 is 27.6 Å². The number of carbonyl (C=O) groups is 1. The molecule has 0 aliphatic heterocycles. The Morgan fingerprint density at radius 2 is 1.81 bits per heavy atom. The Morgan fingerprint density at radius 3 is 2.41 bits per heavy atom. The Kier molecular flexibility index (Phi) is 6.80. The van der Waals surface area contributed by atoms with Gasteiger partial charge < -0.3 is 9.47 Å². The monoisotopic (exact) mass is 408 g/mol. The molecule has 142 valence electrons. The molecule has 0 amide bonds. The first-order valence-electron chi connectivity index (χ1n) is 7.78. The quantitative estimate of drug-likeness (QED) is 0.516. The lowest BCUT2D eigenvalue weighted by molar-refractivity contribution is 0.0450. The number of sulfonamides is 1. The van der Waals surface area contributed by atoms with Crippen LogP contribution in [0.1, 0.15) is 15.9 Å². The lowest BCUT2D eigenvalue weighted by Gasteiger charge is -2.13. The molecule has 27 heavy (non-hydrogen) atoms. The van der Waals surface area contributed by atoms with Gasteiger partial charge in [-0.25, -0.2) is 17.5 Å². The summed E-state index contributed by atoms with van der Waals surface area (Å²) in [7, 11) is -1.04. The summed E-state index contributed by atoms with van der Waals surface area (Å²) in [5.74, 6) is -0.152. The third-order valence-corrected chi connectivity index (χ3v) is 5.79. The van der Waals surface area contributed by atoms with E-state index in [4.69, 9.17) is 26.3 Å². The predicted octanol–water partition coefficient (Wildman–Crippen LogP) is 2.70. The fourth-order valence-electron chi connectivity index (χ4n) is 2.03. The molecule has 0 heterocycles. The molecule has 0 aliphatic rings. The summed E-state index contributed by atoms with van der Waals surface area (Å²) in [4.78, 5) is 12.0. The van der Waals surface area contributed by atoms with Crippen molar-refractivity contribution < 1.29 is 22.7 Å². The van der Waals surface area contributed by atoms with E-state index in [1.807, 2.05) is 6.07 Å². The van der Waals surface area contributed by atoms with E-state index in [0.717, 1.165) is 4.31 Å². The Labute approximate surface area is 162 Å². The predicted molar refractivity (Wildman–Crippen MR) is 99.3 cm³/mol. The molecule has 0 saturated carbocycles. The fraction of sp³-hybridized carbons (Fsp3) is 0.222. The van der Waals surface area contributed by atoms with Gasteiger partial charge >= 0.3 is 5.97 Å². The van der Waals surface area contributed by atoms with Gasteiger partial charge in [-0.15, -0.1) is 0 Å². The van der Waals surface area contributed by atoms with Crippen LogP contribution in [0.3, 0.4) is 0 Å². The second-order valence-corrected chi connectivity index (χ2v) is 8.08. The summed E-state index contributed by atoms with van der Waals surface area (Å²) in [6.45, 7) is 0.0747. The number of carbonyl (C=O) groups excluding carboxylic acids is 1. The summed E-state index contributed by atoms with van der Waals surface area (Å²) in [6, 6.07) is 12.4. The van der Waals surface area contributed by atoms with Crippen LogP contribution in [-0.2, 0) is 14.8 Å². The normalized spacial score (nSPS) is 11.1. The zero-order valence-corrected chi connectivity index (χ0v) is 16.2. The van der Waals surface area contributed by atoms with E-state index < -0.39 is 16.0 Å². The van der Waals surface area contributed by atoms with E-state index in [2.05, 4.69) is 0 Å². The largest absolute Gasteiger partial charge is 0.490 e. The molecule has 0 unspecified atom stereocenters. The summed E-state index contributed by atoms with van der Waals surface area (Å²) < 4.78 is 36.0. The molecule has 7 nitrogen and oxygen atoms in total. The van der Waals surface area contributed by atoms with Crippen LogP contribution in [-0.4, -0.2) is 46.0 Å². The van der Waals surface area contributed by atoms with Gasteiger partial charge in [0, 0.05) is 14.1 Å². The van der Waals surface area contributed by atoms with Gasteiger partial charge in [-0.05, 0) is 42.5 Å². The van der Waals surface area contributed by atoms with Gasteiger partial charge in [0.15, 0.2) is 0 Å². The number of nitriles is 1. The minimum absolute atomic E-state index is 0.0180. The summed E-state index contributed by atoms with van der Waals surface area (Å²) in [5, 5.41) is 8.75. The number of benzene rings is 2. The molecule has 2 aromatic rings. The van der Waals surface area contributed by atoms with Crippen LogP contribution in [0.25, 0.3) is 0 Å². The number of hydrogen-bond acceptors (Lipinski definition) is 6. The Bertz CT molecular complexity index is 966. The number of hydrogen-bond donors (Lipinski definition) is 0. The van der Waals surface area contributed by atoms with Gasteiger partial charge in [0.2, 0.25) is 10.0 Å². The second-order valence-electron chi connectivity index (χ2n) is 5.55. The average Bonchev–Trinajstić information content (AvgIpc) is 2.65. The Balaban J connectivity index is 1.97. The fourth-order valence-corrected chi connectivity index (χ4v) is 3.42. The highest BCUT2D eigenvalue weighted by molar-refractivity contribution is 7.89. The summed E-state index contributed by atoms with van der Waals surface area (Å²) >= 11 is 5.95. The molecule has 0 saturated heterocycles. The maximum absolute atomic E-state index is 12.2. The zero-order chi connectivity index (χ0) is 20.0. The van der Waals surface area contributed by atoms with E-state index in [0.29, 0.717) is 11.3 Å². The van der Waals surface area contributed by atoms with Gasteiger partial charge in [0.05, 0.1) is 22.2 Å². The molecule has 0 radical (unpaired) electrons. The van der Waals surface area contributed by atoms with Crippen LogP contribution < -0.4 is 4.74 Å². The van der Waals surface area contributed by atoms with Crippen LogP contribution in [0, 0.1) is 11.3 Å². The topological polar surface area (TPSA) is 96.7 Å². The van der Waals surface area contributed by atoms with Crippen LogP contribution >= 0.6 is 11.6 Å². The van der Waals surface area contributed by atoms with Gasteiger partial charge in [-0.3, -0.25) is 0 Å². The first-order chi connectivity index (χ1) is 12.8. The number of nitrogens with zero attached hydrogens (tertiary/aromatic N) is 2. The molecule has 0 aliphatic carbocycles. The van der Waals surface area contributed by atoms with Gasteiger partial charge in [-0.2, -0.15) is 5.26 Å². The maximum Gasteiger partial charge on any atom is 0.338 e. The summed E-state index contributed by atoms with van der Waals surface area (Å²) in [6.07, 6.45) is 0. The highest BCUT2D eigenvalue weighted by atomic mass is 35.5. The standard InChI is InChI=1S/C18H17ClN2O5S/c1-21(2)27(23,24)17-11-14(5-8-16(17)19)18(22)26-10-9-25-15-6-3-13(12-20)4-7-15/h3-8,11H,9-10H2,1-2H3. The maximum atomic E-state index is 12.2. The molecular formula is C18H17ClN2O5S. The number of rotatable bonds is 7. The minimum Gasteiger partial charge on any atom is -0.490 e. The first-order valence-corrected chi connectivity index (χ1v) is 9.59. The van der Waals surface area contributed by atoms with Crippen LogP contribution in [0.2, 0.25) is 5.02 Å². The van der Waals surface area contributed by atoms with Crippen molar-refractivity contribution in [2.24, 2.45) is 0 Å². The highest BCUT2D eigenvalue weighted by Gasteiger charge is 2.22. The molecule has 2 rings (SSSR count). The van der Waals surface area contributed by atoms with Crippen molar-refractivity contribution in [3.8, 4) is 11.8 Å². The lowest BCUT2D eigenvalue weighted by atomic mass is 10.2. The van der Waals surface area contributed by atoms with Crippen molar-refractivity contribution in [3.63, 3.8) is 0 Å². The van der Waals surface area contributed by atoms with E-state index >= 15 is 0 Å². The van der Waals surface area contributed by atoms with Crippen LogP contribution in [0.4, 0.5) is 0 Å². The van der Waals surface area contributed by atoms with Gasteiger partial charge in [0.25, 0.3) is 0 Å². The summed E-state index contributed by atoms with van der Waals surface area (Å²) in [5.41, 5.74) is 0.582. The average molecular weight is 409 g/mol. The highest BCUT2D eigenvalue weighted by Crippen LogP contribution is 2.25. The number of esters is 1. The second kappa shape index (κ2) is 8.86. The first kappa shape index (κ1) is 20.7. The molecule has 9 heteroatoms. The van der Waals surface area contributed by atoms with Gasteiger partial charge in [0.1, 0.15) is 23.9 Å². The van der Waals surface area contributed by atoms with E-state index in [1.54, 1.807) is 24.3 Å². The Hall–Kier alpha value is -2.60. The van der Waals surface area contributed by atoms with E-state index in [-0.39, 0.29) is 28.7 Å². The zero-order valence-electron chi connectivity index (χ0n) is 14.7. The van der Waals surface area contributed by atoms with Gasteiger partial charge in [-0.1, -0.05) is 11.6 Å². The van der Waals surface area contributed by atoms with Crippen molar-refractivity contribution in [1.29, 1.82) is 5.26 Å². The van der Waals surface area contributed by atoms with Crippen molar-refractivity contribution in [2.45, 2.75) is 4.90 Å². The molecular weight excluding hydrogens is 392 g/mol. The van der Waals surface area contributed by atoms with Crippen molar-refractivity contribution in [3.05, 3.63) is 58.6 Å². The number of ether oxygens (including phenoxy) is 2.